The molecule has 1 N–H and O–H groups in total. The van der Waals surface area contributed by atoms with Crippen molar-refractivity contribution in [3.8, 4) is 0 Å². The van der Waals surface area contributed by atoms with Gasteiger partial charge < -0.3 is 34.2 Å². The monoisotopic (exact) mass is 720 g/mol. The summed E-state index contributed by atoms with van der Waals surface area (Å²) in [7, 11) is 0. The predicted octanol–water partition coefficient (Wildman–Crippen LogP) is 3.49. The molecule has 13 heteroatoms. The Morgan fingerprint density at radius 2 is 1.76 bits per heavy atom. The van der Waals surface area contributed by atoms with Crippen LogP contribution in [0.4, 0.5) is 5.82 Å². The van der Waals surface area contributed by atoms with Crippen molar-refractivity contribution in [3.05, 3.63) is 17.8 Å². The molecule has 6 aliphatic heterocycles. The lowest BCUT2D eigenvalue weighted by Crippen LogP contribution is -2.66. The van der Waals surface area contributed by atoms with Gasteiger partial charge in [-0.05, 0) is 63.4 Å². The van der Waals surface area contributed by atoms with Crippen molar-refractivity contribution in [1.29, 1.82) is 0 Å². The lowest BCUT2D eigenvalue weighted by molar-refractivity contribution is -0.165. The number of carbonyl (C=O) groups excluding carboxylic acids is 3. The summed E-state index contributed by atoms with van der Waals surface area (Å²) in [6.45, 7) is 12.4. The lowest BCUT2D eigenvalue weighted by Gasteiger charge is -2.51. The molecule has 276 valence electrons. The van der Waals surface area contributed by atoms with Gasteiger partial charge in [0.05, 0.1) is 60.3 Å². The molecule has 2 aromatic heterocycles. The lowest BCUT2D eigenvalue weighted by atomic mass is 9.70. The number of pyridine rings is 1. The summed E-state index contributed by atoms with van der Waals surface area (Å²) in [6, 6.07) is 1.09. The molecule has 51 heavy (non-hydrogen) atoms. The van der Waals surface area contributed by atoms with Gasteiger partial charge in [-0.3, -0.25) is 14.4 Å². The molecule has 2 aromatic rings. The number of ether oxygens (including phenoxy) is 3. The topological polar surface area (TPSA) is 126 Å². The first-order valence-electron chi connectivity index (χ1n) is 19.1. The van der Waals surface area contributed by atoms with Crippen LogP contribution in [0.1, 0.15) is 65.7 Å². The van der Waals surface area contributed by atoms with Crippen molar-refractivity contribution in [2.24, 2.45) is 33.5 Å². The van der Waals surface area contributed by atoms with Gasteiger partial charge in [0.1, 0.15) is 11.9 Å². The second-order valence-electron chi connectivity index (χ2n) is 17.9. The van der Waals surface area contributed by atoms with Crippen molar-refractivity contribution in [2.75, 3.05) is 70.6 Å². The molecular weight excluding hydrogens is 669 g/mol. The highest BCUT2D eigenvalue weighted by atomic mass is 32.1. The van der Waals surface area contributed by atoms with E-state index in [2.05, 4.69) is 29.0 Å². The van der Waals surface area contributed by atoms with Crippen LogP contribution in [-0.2, 0) is 28.6 Å². The van der Waals surface area contributed by atoms with Crippen LogP contribution in [0.15, 0.2) is 17.8 Å². The van der Waals surface area contributed by atoms with Crippen LogP contribution >= 0.6 is 11.3 Å². The van der Waals surface area contributed by atoms with Crippen molar-refractivity contribution in [2.45, 2.75) is 84.0 Å². The highest BCUT2D eigenvalue weighted by Crippen LogP contribution is 2.55. The van der Waals surface area contributed by atoms with Crippen LogP contribution < -0.4 is 10.2 Å². The molecule has 12 nitrogen and oxygen atoms in total. The molecular formula is C38H52N6O6S. The third-order valence-corrected chi connectivity index (χ3v) is 14.7. The average Bonchev–Trinajstić information content (AvgIpc) is 3.43. The summed E-state index contributed by atoms with van der Waals surface area (Å²) in [5, 5.41) is 3.28. The average molecular weight is 721 g/mol. The maximum Gasteiger partial charge on any atom is 0.247 e. The molecule has 2 spiro atoms. The van der Waals surface area contributed by atoms with Crippen LogP contribution in [0.2, 0.25) is 0 Å². The fraction of sp³-hybridized carbons (Fsp3) is 0.763. The Morgan fingerprint density at radius 1 is 1.02 bits per heavy atom. The van der Waals surface area contributed by atoms with Crippen molar-refractivity contribution in [1.82, 2.24) is 25.1 Å². The van der Waals surface area contributed by atoms with E-state index in [4.69, 9.17) is 19.2 Å². The summed E-state index contributed by atoms with van der Waals surface area (Å²) < 4.78 is 19.2. The minimum Gasteiger partial charge on any atom is -0.380 e. The van der Waals surface area contributed by atoms with Crippen LogP contribution in [0.5, 0.6) is 0 Å². The van der Waals surface area contributed by atoms with Crippen LogP contribution in [-0.4, -0.2) is 121 Å². The maximum absolute atomic E-state index is 14.7. The number of nitrogens with one attached hydrogen (secondary N) is 1. The van der Waals surface area contributed by atoms with Crippen molar-refractivity contribution < 1.29 is 28.6 Å². The van der Waals surface area contributed by atoms with Gasteiger partial charge in [0.15, 0.2) is 0 Å². The van der Waals surface area contributed by atoms with Gasteiger partial charge in [0.25, 0.3) is 0 Å². The molecule has 0 unspecified atom stereocenters. The first-order chi connectivity index (χ1) is 24.5. The summed E-state index contributed by atoms with van der Waals surface area (Å²) in [6.07, 6.45) is 8.60. The van der Waals surface area contributed by atoms with Crippen LogP contribution in [0.3, 0.4) is 0 Å². The summed E-state index contributed by atoms with van der Waals surface area (Å²) >= 11 is 1.55. The van der Waals surface area contributed by atoms with E-state index in [1.54, 1.807) is 17.5 Å². The van der Waals surface area contributed by atoms with E-state index in [0.29, 0.717) is 58.6 Å². The Balaban J connectivity index is 0.958. The fourth-order valence-corrected chi connectivity index (χ4v) is 10.7. The van der Waals surface area contributed by atoms with Gasteiger partial charge >= 0.3 is 0 Å². The number of anilines is 1. The molecule has 2 bridgehead atoms. The zero-order valence-electron chi connectivity index (χ0n) is 30.2. The van der Waals surface area contributed by atoms with Crippen LogP contribution in [0, 0.1) is 33.5 Å². The summed E-state index contributed by atoms with van der Waals surface area (Å²) in [5.41, 5.74) is 2.48. The number of hydrogen-bond acceptors (Lipinski definition) is 10. The maximum atomic E-state index is 14.7. The zero-order valence-corrected chi connectivity index (χ0v) is 31.0. The summed E-state index contributed by atoms with van der Waals surface area (Å²) in [4.78, 5) is 58.0. The SMILES string of the molecule is C[C@@H](OCC12CCC(CC1)OC2)[C@H](NC(=O)[C@@H]1CN(c2nccc3ncsc23)CC12CN(C(=O)[C@H]1CC1(C)C)C2)C(=O)N1CCC2(CC1)COC2. The minimum absolute atomic E-state index is 0.0267. The van der Waals surface area contributed by atoms with Gasteiger partial charge in [-0.25, -0.2) is 9.97 Å². The molecule has 8 aliphatic rings. The Morgan fingerprint density at radius 3 is 2.41 bits per heavy atom. The highest BCUT2D eigenvalue weighted by Gasteiger charge is 2.62. The third-order valence-electron chi connectivity index (χ3n) is 13.9. The van der Waals surface area contributed by atoms with E-state index in [0.717, 1.165) is 74.2 Å². The standard InChI is InChI=1S/C38H52N6O6S/c1-24(49-21-36-7-4-25(5-8-36)50-22-36)29(34(47)42-12-9-37(10-13-42)19-48-20-37)41-32(45)27-15-43(31-30-28(6-11-39-31)40-23-51-30)16-38(27)17-44(18-38)33(46)26-14-35(26,2)3/h6,11,23-27,29H,4-5,7-10,12-22H2,1-3H3,(H,41,45)/t24-,25?,26-,27+,29+,36?/m1/s1. The minimum atomic E-state index is -0.819. The zero-order chi connectivity index (χ0) is 35.2. The number of hydrogen-bond donors (Lipinski definition) is 1. The molecule has 8 fully saturated rings. The number of thiazole rings is 1. The molecule has 6 saturated heterocycles. The number of likely N-dealkylation sites (tertiary alicyclic amines) is 2. The van der Waals surface area contributed by atoms with E-state index in [1.165, 1.54) is 0 Å². The molecule has 10 rings (SSSR count). The van der Waals surface area contributed by atoms with Gasteiger partial charge in [-0.15, -0.1) is 11.3 Å². The van der Waals surface area contributed by atoms with E-state index < -0.39 is 23.5 Å². The molecule has 2 saturated carbocycles. The second kappa shape index (κ2) is 12.3. The third kappa shape index (κ3) is 5.94. The van der Waals surface area contributed by atoms with Gasteiger partial charge in [0, 0.05) is 67.6 Å². The smallest absolute Gasteiger partial charge is 0.247 e. The number of piperidine rings is 1. The number of carbonyl (C=O) groups is 3. The highest BCUT2D eigenvalue weighted by molar-refractivity contribution is 7.17. The van der Waals surface area contributed by atoms with Crippen molar-refractivity contribution in [3.63, 3.8) is 0 Å². The molecule has 2 aliphatic carbocycles. The Hall–Kier alpha value is -2.87. The molecule has 8 heterocycles. The number of fused-ring (bicyclic) bond motifs is 4. The number of amides is 3. The van der Waals surface area contributed by atoms with Gasteiger partial charge in [-0.2, -0.15) is 0 Å². The Bertz CT molecular complexity index is 1670. The largest absolute Gasteiger partial charge is 0.380 e. The fourth-order valence-electron chi connectivity index (χ4n) is 9.90. The van der Waals surface area contributed by atoms with E-state index in [-0.39, 0.29) is 39.9 Å². The molecule has 0 radical (unpaired) electrons. The van der Waals surface area contributed by atoms with Gasteiger partial charge in [-0.1, -0.05) is 13.8 Å². The molecule has 3 amide bonds. The summed E-state index contributed by atoms with van der Waals surface area (Å²) in [5.74, 6) is 0.412. The van der Waals surface area contributed by atoms with E-state index >= 15 is 0 Å². The van der Waals surface area contributed by atoms with Crippen molar-refractivity contribution >= 4 is 45.1 Å². The Kier molecular flexibility index (Phi) is 8.21. The first kappa shape index (κ1) is 33.9. The normalized spacial score (nSPS) is 32.5. The quantitative estimate of drug-likeness (QED) is 0.415. The predicted molar refractivity (Wildman–Crippen MR) is 191 cm³/mol. The van der Waals surface area contributed by atoms with Crippen LogP contribution in [0.25, 0.3) is 10.2 Å². The first-order valence-corrected chi connectivity index (χ1v) is 20.0. The van der Waals surface area contributed by atoms with E-state index in [1.807, 2.05) is 28.3 Å². The molecule has 4 atom stereocenters. The van der Waals surface area contributed by atoms with Gasteiger partial charge in [0.2, 0.25) is 17.7 Å². The number of nitrogens with zero attached hydrogens (tertiary/aromatic N) is 5. The Labute approximate surface area is 303 Å². The van der Waals surface area contributed by atoms with E-state index in [9.17, 15) is 14.4 Å². The number of rotatable bonds is 9. The number of aromatic nitrogens is 2. The second-order valence-corrected chi connectivity index (χ2v) is 18.8. The molecule has 0 aromatic carbocycles.